The number of hydrogen-bond acceptors (Lipinski definition) is 1. The van der Waals surface area contributed by atoms with Gasteiger partial charge in [-0.15, -0.1) is 0 Å². The van der Waals surface area contributed by atoms with Crippen molar-refractivity contribution < 1.29 is 35.5 Å². The summed E-state index contributed by atoms with van der Waals surface area (Å²) < 4.78 is 87.3. The molecule has 0 spiro atoms. The summed E-state index contributed by atoms with van der Waals surface area (Å²) in [4.78, 5) is 11.1. The molecule has 0 radical (unpaired) electrons. The Bertz CT molecular complexity index is 498. The average molecular weight is 317 g/mol. The van der Waals surface area contributed by atoms with Crippen molar-refractivity contribution in [3.8, 4) is 0 Å². The Balaban J connectivity index is 2.93. The van der Waals surface area contributed by atoms with Gasteiger partial charge >= 0.3 is 18.0 Å². The summed E-state index contributed by atoms with van der Waals surface area (Å²) in [5.74, 6) is -15.1. The molecule has 0 saturated carbocycles. The van der Waals surface area contributed by atoms with Gasteiger partial charge in [0.05, 0.1) is 6.04 Å². The van der Waals surface area contributed by atoms with E-state index in [1.54, 1.807) is 6.07 Å². The molecule has 2 nitrogen and oxygen atoms in total. The van der Waals surface area contributed by atoms with E-state index >= 15 is 0 Å². The molecule has 0 aliphatic heterocycles. The first-order valence-electron chi connectivity index (χ1n) is 5.59. The van der Waals surface area contributed by atoms with E-state index in [2.05, 4.69) is 0 Å². The van der Waals surface area contributed by atoms with Crippen LogP contribution in [-0.2, 0) is 4.79 Å². The number of amides is 1. The van der Waals surface area contributed by atoms with Gasteiger partial charge in [-0.2, -0.15) is 30.7 Å². The van der Waals surface area contributed by atoms with E-state index in [1.165, 1.54) is 36.5 Å². The van der Waals surface area contributed by atoms with E-state index in [9.17, 15) is 35.5 Å². The maximum atomic E-state index is 13.1. The first-order valence-corrected chi connectivity index (χ1v) is 5.59. The van der Waals surface area contributed by atoms with Gasteiger partial charge in [0, 0.05) is 0 Å². The molecule has 1 aromatic rings. The summed E-state index contributed by atoms with van der Waals surface area (Å²) in [6.07, 6.45) is -6.54. The topological polar surface area (TPSA) is 29.1 Å². The normalized spacial score (nSPS) is 14.7. The number of carbonyl (C=O) groups is 1. The van der Waals surface area contributed by atoms with Gasteiger partial charge in [0.15, 0.2) is 0 Å². The Labute approximate surface area is 114 Å². The number of rotatable bonds is 4. The molecule has 21 heavy (non-hydrogen) atoms. The smallest absolute Gasteiger partial charge is 0.344 e. The predicted octanol–water partition coefficient (Wildman–Crippen LogP) is 3.70. The summed E-state index contributed by atoms with van der Waals surface area (Å²) >= 11 is 0. The van der Waals surface area contributed by atoms with E-state index in [0.29, 0.717) is 0 Å². The predicted molar refractivity (Wildman–Crippen MR) is 58.9 cm³/mol. The molecule has 118 valence electrons. The van der Waals surface area contributed by atoms with Gasteiger partial charge in [0.2, 0.25) is 0 Å². The second-order valence-electron chi connectivity index (χ2n) is 4.25. The Morgan fingerprint density at radius 3 is 1.90 bits per heavy atom. The summed E-state index contributed by atoms with van der Waals surface area (Å²) in [7, 11) is 0. The van der Waals surface area contributed by atoms with Crippen LogP contribution in [0.4, 0.5) is 30.7 Å². The molecule has 1 rings (SSSR count). The van der Waals surface area contributed by atoms with Crippen molar-refractivity contribution in [3.05, 3.63) is 35.9 Å². The number of nitrogens with one attached hydrogen (secondary N) is 1. The van der Waals surface area contributed by atoms with Crippen molar-refractivity contribution in [2.75, 3.05) is 0 Å². The maximum absolute atomic E-state index is 13.1. The zero-order chi connectivity index (χ0) is 16.5. The zero-order valence-corrected chi connectivity index (χ0v) is 10.5. The van der Waals surface area contributed by atoms with E-state index in [-0.39, 0.29) is 5.56 Å². The zero-order valence-electron chi connectivity index (χ0n) is 10.5. The lowest BCUT2D eigenvalue weighted by molar-refractivity contribution is -0.344. The molecule has 9 heteroatoms. The van der Waals surface area contributed by atoms with Gasteiger partial charge in [-0.25, -0.2) is 0 Å². The summed E-state index contributed by atoms with van der Waals surface area (Å²) in [5.41, 5.74) is 0.275. The van der Waals surface area contributed by atoms with E-state index in [1.807, 2.05) is 0 Å². The van der Waals surface area contributed by atoms with E-state index < -0.39 is 30.0 Å². The summed E-state index contributed by atoms with van der Waals surface area (Å²) in [6, 6.07) is 6.18. The van der Waals surface area contributed by atoms with Crippen molar-refractivity contribution >= 4 is 5.91 Å². The second kappa shape index (κ2) is 5.53. The van der Waals surface area contributed by atoms with Gasteiger partial charge in [-0.05, 0) is 12.5 Å². The van der Waals surface area contributed by atoms with Crippen molar-refractivity contribution in [1.29, 1.82) is 0 Å². The van der Waals surface area contributed by atoms with Crippen LogP contribution >= 0.6 is 0 Å². The Hall–Kier alpha value is -1.80. The van der Waals surface area contributed by atoms with Gasteiger partial charge < -0.3 is 5.32 Å². The fraction of sp³-hybridized carbons (Fsp3) is 0.417. The monoisotopic (exact) mass is 317 g/mol. The minimum absolute atomic E-state index is 0.275. The Kier molecular flexibility index (Phi) is 4.54. The van der Waals surface area contributed by atoms with Crippen molar-refractivity contribution in [2.24, 2.45) is 0 Å². The molecule has 1 N–H and O–H groups in total. The highest BCUT2D eigenvalue weighted by atomic mass is 19.4. The Morgan fingerprint density at radius 1 is 1.00 bits per heavy atom. The highest BCUT2D eigenvalue weighted by molar-refractivity contribution is 5.85. The van der Waals surface area contributed by atoms with Crippen molar-refractivity contribution in [3.63, 3.8) is 0 Å². The standard InChI is InChI=1S/C12H10F7NO/c1-7(8-5-3-2-4-6-8)20-9(21)10(13,14)11(15,16)12(17,18)19/h2-7H,1H3,(H,20,21)/t7-/m1/s1. The minimum Gasteiger partial charge on any atom is -0.344 e. The van der Waals surface area contributed by atoms with E-state index in [0.717, 1.165) is 0 Å². The summed E-state index contributed by atoms with van der Waals surface area (Å²) in [5, 5.41) is 1.45. The fourth-order valence-electron chi connectivity index (χ4n) is 1.43. The molecular weight excluding hydrogens is 307 g/mol. The SMILES string of the molecule is C[C@@H](NC(=O)C(F)(F)C(F)(F)C(F)(F)F)c1ccccc1. The van der Waals surface area contributed by atoms with Crippen LogP contribution in [0.3, 0.4) is 0 Å². The van der Waals surface area contributed by atoms with Crippen LogP contribution in [-0.4, -0.2) is 23.9 Å². The minimum atomic E-state index is -6.54. The summed E-state index contributed by atoms with van der Waals surface area (Å²) in [6.45, 7) is 1.18. The number of halogens is 7. The molecule has 0 bridgehead atoms. The maximum Gasteiger partial charge on any atom is 0.460 e. The average Bonchev–Trinajstić information content (AvgIpc) is 2.38. The number of alkyl halides is 7. The van der Waals surface area contributed by atoms with Gasteiger partial charge in [0.25, 0.3) is 5.91 Å². The molecule has 0 aliphatic carbocycles. The Morgan fingerprint density at radius 2 is 1.48 bits per heavy atom. The van der Waals surface area contributed by atoms with Crippen LogP contribution in [0.15, 0.2) is 30.3 Å². The van der Waals surface area contributed by atoms with Gasteiger partial charge in [-0.1, -0.05) is 30.3 Å². The molecule has 1 amide bonds. The van der Waals surface area contributed by atoms with Crippen LogP contribution in [0.2, 0.25) is 0 Å². The van der Waals surface area contributed by atoms with Crippen LogP contribution in [0, 0.1) is 0 Å². The molecule has 0 aromatic heterocycles. The second-order valence-corrected chi connectivity index (χ2v) is 4.25. The molecule has 1 aromatic carbocycles. The van der Waals surface area contributed by atoms with Crippen LogP contribution in [0.5, 0.6) is 0 Å². The fourth-order valence-corrected chi connectivity index (χ4v) is 1.43. The third kappa shape index (κ3) is 3.27. The third-order valence-corrected chi connectivity index (χ3v) is 2.68. The molecule has 0 fully saturated rings. The van der Waals surface area contributed by atoms with Gasteiger partial charge in [0.1, 0.15) is 0 Å². The molecule has 0 heterocycles. The van der Waals surface area contributed by atoms with Gasteiger partial charge in [-0.3, -0.25) is 4.79 Å². The molecule has 1 atom stereocenters. The van der Waals surface area contributed by atoms with E-state index in [4.69, 9.17) is 0 Å². The number of benzene rings is 1. The molecule has 0 unspecified atom stereocenters. The van der Waals surface area contributed by atoms with Crippen molar-refractivity contribution in [1.82, 2.24) is 5.32 Å². The first-order chi connectivity index (χ1) is 9.41. The largest absolute Gasteiger partial charge is 0.460 e. The molecular formula is C12H10F7NO. The van der Waals surface area contributed by atoms with Crippen LogP contribution in [0.25, 0.3) is 0 Å². The highest BCUT2D eigenvalue weighted by Gasteiger charge is 2.76. The number of hydrogen-bond donors (Lipinski definition) is 1. The van der Waals surface area contributed by atoms with Crippen molar-refractivity contribution in [2.45, 2.75) is 31.0 Å². The number of carbonyl (C=O) groups excluding carboxylic acids is 1. The van der Waals surface area contributed by atoms with Crippen LogP contribution < -0.4 is 5.32 Å². The quantitative estimate of drug-likeness (QED) is 0.843. The van der Waals surface area contributed by atoms with Crippen LogP contribution in [0.1, 0.15) is 18.5 Å². The lowest BCUT2D eigenvalue weighted by atomic mass is 10.1. The lowest BCUT2D eigenvalue weighted by Gasteiger charge is -2.28. The highest BCUT2D eigenvalue weighted by Crippen LogP contribution is 2.46. The lowest BCUT2D eigenvalue weighted by Crippen LogP contribution is -2.59. The molecule has 0 saturated heterocycles. The first kappa shape index (κ1) is 17.3. The third-order valence-electron chi connectivity index (χ3n) is 2.68. The molecule has 0 aliphatic rings.